The average Bonchev–Trinajstić information content (AvgIpc) is 3.12. The van der Waals surface area contributed by atoms with Crippen molar-refractivity contribution in [3.63, 3.8) is 0 Å². The molecule has 0 bridgehead atoms. The van der Waals surface area contributed by atoms with Crippen molar-refractivity contribution in [2.45, 2.75) is 6.92 Å². The number of anilines is 2. The van der Waals surface area contributed by atoms with E-state index in [2.05, 4.69) is 15.4 Å². The highest BCUT2D eigenvalue weighted by Gasteiger charge is 2.21. The first-order chi connectivity index (χ1) is 13.4. The summed E-state index contributed by atoms with van der Waals surface area (Å²) in [6.45, 7) is 1.75. The van der Waals surface area contributed by atoms with Crippen molar-refractivity contribution in [1.82, 2.24) is 24.0 Å². The van der Waals surface area contributed by atoms with Gasteiger partial charge in [0.15, 0.2) is 11.5 Å². The molecule has 3 heterocycles. The third kappa shape index (κ3) is 2.45. The zero-order valence-electron chi connectivity index (χ0n) is 15.0. The summed E-state index contributed by atoms with van der Waals surface area (Å²) in [5.74, 6) is -0.375. The lowest BCUT2D eigenvalue weighted by Crippen LogP contribution is -2.20. The highest BCUT2D eigenvalue weighted by Crippen LogP contribution is 2.24. The van der Waals surface area contributed by atoms with Crippen LogP contribution in [0.15, 0.2) is 46.0 Å². The van der Waals surface area contributed by atoms with E-state index in [-0.39, 0.29) is 28.3 Å². The van der Waals surface area contributed by atoms with Crippen molar-refractivity contribution >= 4 is 17.2 Å². The quantitative estimate of drug-likeness (QED) is 0.490. The Hall–Kier alpha value is -4.26. The number of aromatic amines is 1. The molecule has 0 aliphatic rings. The SMILES string of the molecule is Cc1c(Nc2nn3c(O)cc(=O)[nH]c3c2C#N)c(=O)n(-c2ccccc2)n1C. The number of aromatic nitrogens is 5. The predicted molar refractivity (Wildman–Crippen MR) is 101 cm³/mol. The van der Waals surface area contributed by atoms with Gasteiger partial charge in [0.25, 0.3) is 11.1 Å². The zero-order valence-corrected chi connectivity index (χ0v) is 15.0. The van der Waals surface area contributed by atoms with E-state index < -0.39 is 11.4 Å². The minimum absolute atomic E-state index is 0.00177. The minimum atomic E-state index is -0.574. The van der Waals surface area contributed by atoms with Crippen molar-refractivity contribution < 1.29 is 5.11 Å². The average molecular weight is 377 g/mol. The molecule has 4 aromatic rings. The molecule has 10 heteroatoms. The van der Waals surface area contributed by atoms with Crippen LogP contribution in [-0.4, -0.2) is 29.1 Å². The van der Waals surface area contributed by atoms with Gasteiger partial charge in [0.2, 0.25) is 5.88 Å². The number of aromatic hydroxyl groups is 1. The predicted octanol–water partition coefficient (Wildman–Crippen LogP) is 1.14. The van der Waals surface area contributed by atoms with Crippen LogP contribution in [0.1, 0.15) is 11.3 Å². The molecule has 140 valence electrons. The second-order valence-corrected chi connectivity index (χ2v) is 6.15. The van der Waals surface area contributed by atoms with E-state index in [9.17, 15) is 20.0 Å². The molecule has 0 saturated heterocycles. The third-order valence-electron chi connectivity index (χ3n) is 4.51. The van der Waals surface area contributed by atoms with Crippen molar-refractivity contribution in [3.05, 3.63) is 68.4 Å². The molecule has 0 fully saturated rings. The first-order valence-corrected chi connectivity index (χ1v) is 8.28. The lowest BCUT2D eigenvalue weighted by molar-refractivity contribution is 0.434. The smallest absolute Gasteiger partial charge is 0.295 e. The summed E-state index contributed by atoms with van der Waals surface area (Å²) in [4.78, 5) is 27.1. The molecular weight excluding hydrogens is 362 g/mol. The van der Waals surface area contributed by atoms with Crippen LogP contribution in [-0.2, 0) is 7.05 Å². The van der Waals surface area contributed by atoms with Crippen molar-refractivity contribution in [1.29, 1.82) is 5.26 Å². The van der Waals surface area contributed by atoms with Gasteiger partial charge in [-0.25, -0.2) is 4.68 Å². The van der Waals surface area contributed by atoms with Gasteiger partial charge in [-0.2, -0.15) is 9.78 Å². The monoisotopic (exact) mass is 377 g/mol. The molecule has 0 spiro atoms. The minimum Gasteiger partial charge on any atom is -0.493 e. The van der Waals surface area contributed by atoms with Crippen LogP contribution in [0.3, 0.4) is 0 Å². The fourth-order valence-corrected chi connectivity index (χ4v) is 3.05. The van der Waals surface area contributed by atoms with Crippen molar-refractivity contribution in [2.75, 3.05) is 5.32 Å². The van der Waals surface area contributed by atoms with Crippen molar-refractivity contribution in [3.8, 4) is 17.6 Å². The molecule has 0 unspecified atom stereocenters. The lowest BCUT2D eigenvalue weighted by atomic mass is 10.3. The van der Waals surface area contributed by atoms with Gasteiger partial charge in [-0.05, 0) is 19.1 Å². The van der Waals surface area contributed by atoms with Crippen LogP contribution < -0.4 is 16.4 Å². The Balaban J connectivity index is 1.90. The van der Waals surface area contributed by atoms with Crippen LogP contribution in [0.2, 0.25) is 0 Å². The highest BCUT2D eigenvalue weighted by atomic mass is 16.3. The fraction of sp³-hybridized carbons (Fsp3) is 0.111. The molecule has 0 atom stereocenters. The number of nitriles is 1. The Morgan fingerprint density at radius 1 is 1.25 bits per heavy atom. The van der Waals surface area contributed by atoms with E-state index in [1.807, 2.05) is 24.3 Å². The van der Waals surface area contributed by atoms with Crippen LogP contribution in [0.4, 0.5) is 11.5 Å². The van der Waals surface area contributed by atoms with E-state index in [4.69, 9.17) is 0 Å². The molecule has 0 radical (unpaired) electrons. The molecule has 3 N–H and O–H groups in total. The number of nitrogens with one attached hydrogen (secondary N) is 2. The molecular formula is C18H15N7O3. The number of rotatable bonds is 3. The Bertz CT molecular complexity index is 1370. The van der Waals surface area contributed by atoms with Gasteiger partial charge in [0.05, 0.1) is 17.4 Å². The summed E-state index contributed by atoms with van der Waals surface area (Å²) in [5.41, 5.74) is 0.665. The second-order valence-electron chi connectivity index (χ2n) is 6.15. The number of benzene rings is 1. The van der Waals surface area contributed by atoms with Crippen LogP contribution in [0.25, 0.3) is 11.3 Å². The third-order valence-corrected chi connectivity index (χ3v) is 4.51. The van der Waals surface area contributed by atoms with Gasteiger partial charge in [-0.1, -0.05) is 18.2 Å². The van der Waals surface area contributed by atoms with E-state index >= 15 is 0 Å². The van der Waals surface area contributed by atoms with Crippen LogP contribution in [0, 0.1) is 18.3 Å². The van der Waals surface area contributed by atoms with E-state index in [1.165, 1.54) is 4.68 Å². The normalized spacial score (nSPS) is 10.9. The van der Waals surface area contributed by atoms with Gasteiger partial charge in [0, 0.05) is 7.05 Å². The number of fused-ring (bicyclic) bond motifs is 1. The van der Waals surface area contributed by atoms with E-state index in [0.717, 1.165) is 10.6 Å². The maximum absolute atomic E-state index is 13.0. The molecule has 10 nitrogen and oxygen atoms in total. The van der Waals surface area contributed by atoms with Crippen LogP contribution >= 0.6 is 0 Å². The first-order valence-electron chi connectivity index (χ1n) is 8.28. The highest BCUT2D eigenvalue weighted by molar-refractivity contribution is 5.73. The summed E-state index contributed by atoms with van der Waals surface area (Å²) < 4.78 is 4.19. The molecule has 0 aliphatic carbocycles. The largest absolute Gasteiger partial charge is 0.493 e. The van der Waals surface area contributed by atoms with Gasteiger partial charge < -0.3 is 15.4 Å². The zero-order chi connectivity index (χ0) is 20.0. The van der Waals surface area contributed by atoms with E-state index in [1.54, 1.807) is 30.8 Å². The molecule has 28 heavy (non-hydrogen) atoms. The molecule has 1 aromatic carbocycles. The van der Waals surface area contributed by atoms with Gasteiger partial charge in [0.1, 0.15) is 17.3 Å². The number of nitrogens with zero attached hydrogens (tertiary/aromatic N) is 5. The van der Waals surface area contributed by atoms with Gasteiger partial charge >= 0.3 is 0 Å². The Kier molecular flexibility index (Phi) is 3.78. The van der Waals surface area contributed by atoms with Crippen molar-refractivity contribution in [2.24, 2.45) is 7.05 Å². The topological polar surface area (TPSA) is 133 Å². The second kappa shape index (κ2) is 6.17. The van der Waals surface area contributed by atoms with E-state index in [0.29, 0.717) is 11.4 Å². The summed E-state index contributed by atoms with van der Waals surface area (Å²) in [6.07, 6.45) is 0. The number of H-pyrrole nitrogens is 1. The number of para-hydroxylation sites is 1. The first kappa shape index (κ1) is 17.2. The summed E-state index contributed by atoms with van der Waals surface area (Å²) in [7, 11) is 1.74. The summed E-state index contributed by atoms with van der Waals surface area (Å²) >= 11 is 0. The lowest BCUT2D eigenvalue weighted by Gasteiger charge is -2.07. The molecule has 0 amide bonds. The number of hydrogen-bond donors (Lipinski definition) is 3. The maximum Gasteiger partial charge on any atom is 0.295 e. The van der Waals surface area contributed by atoms with Crippen LogP contribution in [0.5, 0.6) is 5.88 Å². The fourth-order valence-electron chi connectivity index (χ4n) is 3.05. The Morgan fingerprint density at radius 2 is 1.96 bits per heavy atom. The Labute approximate surface area is 157 Å². The van der Waals surface area contributed by atoms with Gasteiger partial charge in [-0.3, -0.25) is 14.3 Å². The van der Waals surface area contributed by atoms with Gasteiger partial charge in [-0.15, -0.1) is 5.10 Å². The Morgan fingerprint density at radius 3 is 2.64 bits per heavy atom. The molecule has 4 rings (SSSR count). The molecule has 0 aliphatic heterocycles. The summed E-state index contributed by atoms with van der Waals surface area (Å²) in [5, 5.41) is 26.4. The summed E-state index contributed by atoms with van der Waals surface area (Å²) in [6, 6.07) is 12.0. The standard InChI is InChI=1S/C18H15N7O3/c1-10-15(18(28)25(23(10)2)11-6-4-3-5-7-11)21-16-12(9-19)17-20-13(26)8-14(27)24(17)22-16/h3-8,27H,1-2H3,(H,20,26)(H,21,22). The maximum atomic E-state index is 13.0. The number of hydrogen-bond acceptors (Lipinski definition) is 6. The molecule has 0 saturated carbocycles. The molecule has 3 aromatic heterocycles.